The smallest absolute Gasteiger partial charge is 0.143 e. The fourth-order valence-corrected chi connectivity index (χ4v) is 4.94. The van der Waals surface area contributed by atoms with Gasteiger partial charge in [0.2, 0.25) is 0 Å². The maximum absolute atomic E-state index is 9.68. The van der Waals surface area contributed by atoms with Crippen LogP contribution in [-0.2, 0) is 0 Å². The molecule has 0 spiro atoms. The van der Waals surface area contributed by atoms with E-state index >= 15 is 0 Å². The predicted octanol–water partition coefficient (Wildman–Crippen LogP) is 13.7. The van der Waals surface area contributed by atoms with Crippen LogP contribution in [0.3, 0.4) is 0 Å². The van der Waals surface area contributed by atoms with Crippen molar-refractivity contribution in [3.05, 3.63) is 199 Å². The Balaban J connectivity index is 1.42. The molecule has 0 aliphatic heterocycles. The predicted molar refractivity (Wildman–Crippen MR) is 210 cm³/mol. The number of hydrogen-bond donors (Lipinski definition) is 0. The third-order valence-corrected chi connectivity index (χ3v) is 7.13. The number of fused-ring (bicyclic) bond motifs is 3. The molecular formula is C48H33NO. The van der Waals surface area contributed by atoms with E-state index in [2.05, 4.69) is 0 Å². The van der Waals surface area contributed by atoms with Gasteiger partial charge in [-0.25, -0.2) is 0 Å². The Hall–Kier alpha value is -6.64. The molecule has 0 amide bonds. The largest absolute Gasteiger partial charge is 0.455 e. The summed E-state index contributed by atoms with van der Waals surface area (Å²) < 4.78 is 299. The zero-order chi connectivity index (χ0) is 62.0. The lowest BCUT2D eigenvalue weighted by atomic mass is 9.91. The van der Waals surface area contributed by atoms with Gasteiger partial charge in [-0.15, -0.1) is 0 Å². The van der Waals surface area contributed by atoms with Crippen LogP contribution in [-0.4, -0.2) is 0 Å². The summed E-state index contributed by atoms with van der Waals surface area (Å²) in [5, 5.41) is -0.942. The molecule has 0 unspecified atom stereocenters. The molecule has 1 aromatic heterocycles. The van der Waals surface area contributed by atoms with Gasteiger partial charge in [0, 0.05) is 33.4 Å². The first kappa shape index (κ1) is 10.9. The highest BCUT2D eigenvalue weighted by atomic mass is 16.3. The van der Waals surface area contributed by atoms with Crippen molar-refractivity contribution in [1.29, 1.82) is 0 Å². The fraction of sp³-hybridized carbons (Fsp3) is 0. The summed E-state index contributed by atoms with van der Waals surface area (Å²) in [6, 6.07) is -35.7. The monoisotopic (exact) mass is 672 g/mol. The van der Waals surface area contributed by atoms with Gasteiger partial charge in [-0.1, -0.05) is 151 Å². The number of hydrogen-bond acceptors (Lipinski definition) is 2. The Labute approximate surface area is 338 Å². The minimum Gasteiger partial charge on any atom is -0.455 e. The standard InChI is InChI=1S/C48H33NO/c1-4-13-35(14-5-1)42-32-27-38(33-46(42)36-15-6-2-7-16-36)34-23-28-40(29-24-34)49(39-17-8-3-9-18-39)41-30-25-37(26-31-41)43-20-12-21-45-44-19-10-11-22-47(44)50-48(43)45/h1-33H/i1D,2D,3D,4D,5D,6D,7D,8D,9D,10D,11D,12D,13D,14D,15D,16D,17D,18D,19D,20D,21D,22D,23D,24D,25D,26D,27D,28D,29D,30D,31D,32D,33D. The van der Waals surface area contributed by atoms with Crippen LogP contribution in [0, 0.1) is 0 Å². The number of furan rings is 1. The van der Waals surface area contributed by atoms with Crippen molar-refractivity contribution >= 4 is 39.0 Å². The first-order chi connectivity index (χ1) is 38.5. The molecule has 0 saturated carbocycles. The van der Waals surface area contributed by atoms with Crippen molar-refractivity contribution in [3.8, 4) is 44.5 Å². The Morgan fingerprint density at radius 1 is 0.340 bits per heavy atom. The highest BCUT2D eigenvalue weighted by Crippen LogP contribution is 2.40. The Morgan fingerprint density at radius 2 is 0.840 bits per heavy atom. The van der Waals surface area contributed by atoms with Crippen LogP contribution >= 0.6 is 0 Å². The highest BCUT2D eigenvalue weighted by molar-refractivity contribution is 6.09. The average molecular weight is 673 g/mol. The molecule has 0 fully saturated rings. The Bertz CT molecular complexity index is 4350. The van der Waals surface area contributed by atoms with Crippen LogP contribution in [0.15, 0.2) is 204 Å². The summed E-state index contributed by atoms with van der Waals surface area (Å²) >= 11 is 0. The van der Waals surface area contributed by atoms with E-state index < -0.39 is 283 Å². The molecule has 236 valence electrons. The SMILES string of the molecule is [2H]c1c([2H])c([2H])c(-c2c([2H])c([2H])c(-c3c([2H])c([2H])c(N(c4c([2H])c([2H])c([2H])c([2H])c4[2H])c4c([2H])c([2H])c(-c5c([2H])c([2H])c([2H])c6c5oc5c([2H])c([2H])c([2H])c([2H])c56)c([2H])c4[2H])c([2H])c3[2H])c([2H])c2-c2c([2H])c([2H])c([2H])c([2H])c2[2H])c([2H])c1[2H]. The topological polar surface area (TPSA) is 16.4 Å². The van der Waals surface area contributed by atoms with Crippen LogP contribution < -0.4 is 4.90 Å². The molecule has 0 aliphatic rings. The molecule has 9 aromatic rings. The average Bonchev–Trinajstić information content (AvgIpc) is 2.42. The lowest BCUT2D eigenvalue weighted by Gasteiger charge is -2.26. The minimum atomic E-state index is -1.36. The lowest BCUT2D eigenvalue weighted by molar-refractivity contribution is 0.670. The van der Waals surface area contributed by atoms with E-state index in [9.17, 15) is 15.1 Å². The molecule has 0 N–H and O–H groups in total. The van der Waals surface area contributed by atoms with Crippen molar-refractivity contribution in [1.82, 2.24) is 0 Å². The zero-order valence-corrected chi connectivity index (χ0v) is 24.9. The van der Waals surface area contributed by atoms with Crippen molar-refractivity contribution in [3.63, 3.8) is 0 Å². The molecule has 0 bridgehead atoms. The van der Waals surface area contributed by atoms with Crippen LogP contribution in [0.4, 0.5) is 17.1 Å². The van der Waals surface area contributed by atoms with Crippen LogP contribution in [0.1, 0.15) is 45.2 Å². The number of rotatable bonds is 7. The molecule has 50 heavy (non-hydrogen) atoms. The molecule has 0 radical (unpaired) electrons. The van der Waals surface area contributed by atoms with Crippen molar-refractivity contribution in [2.75, 3.05) is 4.90 Å². The summed E-state index contributed by atoms with van der Waals surface area (Å²) in [7, 11) is 0. The van der Waals surface area contributed by atoms with E-state index in [1.54, 1.807) is 0 Å². The number of anilines is 3. The van der Waals surface area contributed by atoms with E-state index in [1.807, 2.05) is 0 Å². The third kappa shape index (κ3) is 5.43. The second kappa shape index (κ2) is 12.8. The molecule has 1 heterocycles. The number of benzene rings is 8. The van der Waals surface area contributed by atoms with Gasteiger partial charge in [0.15, 0.2) is 0 Å². The van der Waals surface area contributed by atoms with Crippen LogP contribution in [0.25, 0.3) is 66.4 Å². The summed E-state index contributed by atoms with van der Waals surface area (Å²) in [6.07, 6.45) is 0. The number of nitrogens with zero attached hydrogens (tertiary/aromatic N) is 1. The van der Waals surface area contributed by atoms with Crippen LogP contribution in [0.2, 0.25) is 0 Å². The molecule has 9 rings (SSSR count). The Morgan fingerprint density at radius 3 is 1.52 bits per heavy atom. The molecule has 0 atom stereocenters. The van der Waals surface area contributed by atoms with E-state index in [0.29, 0.717) is 0 Å². The van der Waals surface area contributed by atoms with Crippen molar-refractivity contribution < 1.29 is 49.7 Å². The summed E-state index contributed by atoms with van der Waals surface area (Å²) in [4.78, 5) is 0.277. The normalized spacial score (nSPS) is 20.4. The van der Waals surface area contributed by atoms with Gasteiger partial charge in [-0.05, 0) is 87.3 Å². The van der Waals surface area contributed by atoms with Gasteiger partial charge in [0.1, 0.15) is 11.2 Å². The molecule has 0 aliphatic carbocycles. The summed E-state index contributed by atoms with van der Waals surface area (Å²) in [5.74, 6) is 0. The summed E-state index contributed by atoms with van der Waals surface area (Å²) in [5.41, 5.74) is -12.3. The molecule has 2 nitrogen and oxygen atoms in total. The van der Waals surface area contributed by atoms with E-state index in [0.717, 1.165) is 0 Å². The van der Waals surface area contributed by atoms with Gasteiger partial charge in [0.05, 0.1) is 45.2 Å². The maximum atomic E-state index is 9.68. The van der Waals surface area contributed by atoms with Gasteiger partial charge in [0.25, 0.3) is 0 Å². The van der Waals surface area contributed by atoms with Crippen molar-refractivity contribution in [2.45, 2.75) is 0 Å². The molecule has 0 saturated heterocycles. The number of para-hydroxylation sites is 3. The van der Waals surface area contributed by atoms with E-state index in [1.165, 1.54) is 0 Å². The molecular weight excluding hydrogens is 607 g/mol. The Kier molecular flexibility index (Phi) is 2.79. The van der Waals surface area contributed by atoms with E-state index in [4.69, 9.17) is 34.6 Å². The second-order valence-corrected chi connectivity index (χ2v) is 10.0. The lowest BCUT2D eigenvalue weighted by Crippen LogP contribution is -2.09. The van der Waals surface area contributed by atoms with Gasteiger partial charge in [-0.3, -0.25) is 0 Å². The first-order valence-electron chi connectivity index (χ1n) is 30.8. The summed E-state index contributed by atoms with van der Waals surface area (Å²) in [6.45, 7) is 0. The van der Waals surface area contributed by atoms with Gasteiger partial charge in [-0.2, -0.15) is 0 Å². The van der Waals surface area contributed by atoms with Crippen LogP contribution in [0.5, 0.6) is 0 Å². The zero-order valence-electron chi connectivity index (χ0n) is 57.9. The highest BCUT2D eigenvalue weighted by Gasteiger charge is 2.16. The van der Waals surface area contributed by atoms with E-state index in [-0.39, 0.29) is 4.90 Å². The fourth-order valence-electron chi connectivity index (χ4n) is 4.94. The van der Waals surface area contributed by atoms with Gasteiger partial charge < -0.3 is 9.32 Å². The second-order valence-electron chi connectivity index (χ2n) is 10.0. The maximum Gasteiger partial charge on any atom is 0.143 e. The minimum absolute atomic E-state index is 0.277. The molecule has 2 heteroatoms. The third-order valence-electron chi connectivity index (χ3n) is 7.13. The quantitative estimate of drug-likeness (QED) is 0.168. The van der Waals surface area contributed by atoms with Crippen molar-refractivity contribution in [2.24, 2.45) is 0 Å². The first-order valence-corrected chi connectivity index (χ1v) is 14.3. The van der Waals surface area contributed by atoms with Gasteiger partial charge >= 0.3 is 0 Å². The molecule has 8 aromatic carbocycles.